The van der Waals surface area contributed by atoms with E-state index in [0.717, 1.165) is 23.5 Å². The number of unbranched alkanes of at least 4 members (excludes halogenated alkanes) is 3. The molecule has 1 aromatic carbocycles. The highest BCUT2D eigenvalue weighted by Gasteiger charge is 2.12. The van der Waals surface area contributed by atoms with Gasteiger partial charge >= 0.3 is 0 Å². The second kappa shape index (κ2) is 7.98. The molecule has 1 atom stereocenters. The van der Waals surface area contributed by atoms with Crippen LogP contribution in [0.3, 0.4) is 0 Å². The van der Waals surface area contributed by atoms with Crippen molar-refractivity contribution in [1.82, 2.24) is 0 Å². The largest absolute Gasteiger partial charge is 0.497 e. The van der Waals surface area contributed by atoms with E-state index in [-0.39, 0.29) is 6.04 Å². The van der Waals surface area contributed by atoms with E-state index in [1.807, 2.05) is 18.2 Å². The summed E-state index contributed by atoms with van der Waals surface area (Å²) in [7, 11) is 3.32. The monoisotopic (exact) mass is 251 g/mol. The van der Waals surface area contributed by atoms with E-state index in [0.29, 0.717) is 0 Å². The molecular weight excluding hydrogens is 226 g/mol. The highest BCUT2D eigenvalue weighted by molar-refractivity contribution is 5.42. The van der Waals surface area contributed by atoms with Gasteiger partial charge in [-0.05, 0) is 12.5 Å². The maximum absolute atomic E-state index is 6.22. The molecule has 0 radical (unpaired) electrons. The summed E-state index contributed by atoms with van der Waals surface area (Å²) in [5.74, 6) is 1.62. The highest BCUT2D eigenvalue weighted by Crippen LogP contribution is 2.30. The van der Waals surface area contributed by atoms with Gasteiger partial charge in [0.25, 0.3) is 0 Å². The van der Waals surface area contributed by atoms with Gasteiger partial charge in [0, 0.05) is 17.7 Å². The molecule has 18 heavy (non-hydrogen) atoms. The zero-order valence-electron chi connectivity index (χ0n) is 11.7. The van der Waals surface area contributed by atoms with Crippen molar-refractivity contribution in [2.75, 3.05) is 14.2 Å². The van der Waals surface area contributed by atoms with Gasteiger partial charge in [0.2, 0.25) is 0 Å². The SMILES string of the molecule is CCCCCCC(N)c1ccc(OC)cc1OC. The van der Waals surface area contributed by atoms with Crippen molar-refractivity contribution in [3.8, 4) is 11.5 Å². The molecule has 0 aliphatic heterocycles. The average Bonchev–Trinajstić information content (AvgIpc) is 2.42. The van der Waals surface area contributed by atoms with Crippen LogP contribution in [-0.4, -0.2) is 14.2 Å². The summed E-state index contributed by atoms with van der Waals surface area (Å²) in [6.45, 7) is 2.21. The Kier molecular flexibility index (Phi) is 6.58. The first-order valence-corrected chi connectivity index (χ1v) is 6.70. The molecule has 0 aliphatic rings. The zero-order valence-corrected chi connectivity index (χ0v) is 11.7. The minimum atomic E-state index is 0.0442. The Hall–Kier alpha value is -1.22. The summed E-state index contributed by atoms with van der Waals surface area (Å²) < 4.78 is 10.6. The third-order valence-corrected chi connectivity index (χ3v) is 3.21. The van der Waals surface area contributed by atoms with Gasteiger partial charge in [-0.3, -0.25) is 0 Å². The lowest BCUT2D eigenvalue weighted by molar-refractivity contribution is 0.387. The van der Waals surface area contributed by atoms with Crippen LogP contribution >= 0.6 is 0 Å². The molecule has 0 amide bonds. The van der Waals surface area contributed by atoms with Crippen molar-refractivity contribution in [3.63, 3.8) is 0 Å². The normalized spacial score (nSPS) is 12.2. The molecule has 0 aliphatic carbocycles. The number of hydrogen-bond acceptors (Lipinski definition) is 3. The molecule has 0 heterocycles. The fraction of sp³-hybridized carbons (Fsp3) is 0.600. The van der Waals surface area contributed by atoms with Crippen LogP contribution in [0.5, 0.6) is 11.5 Å². The first-order valence-electron chi connectivity index (χ1n) is 6.70. The lowest BCUT2D eigenvalue weighted by Gasteiger charge is -2.16. The predicted octanol–water partition coefficient (Wildman–Crippen LogP) is 3.67. The van der Waals surface area contributed by atoms with Crippen LogP contribution in [0.15, 0.2) is 18.2 Å². The molecule has 0 bridgehead atoms. The Bertz CT molecular complexity index is 352. The van der Waals surface area contributed by atoms with Gasteiger partial charge in [0.05, 0.1) is 14.2 Å². The number of benzene rings is 1. The van der Waals surface area contributed by atoms with Gasteiger partial charge in [0.1, 0.15) is 11.5 Å². The predicted molar refractivity (Wildman–Crippen MR) is 75.2 cm³/mol. The van der Waals surface area contributed by atoms with E-state index in [1.165, 1.54) is 25.7 Å². The van der Waals surface area contributed by atoms with Crippen LogP contribution in [-0.2, 0) is 0 Å². The molecule has 0 fully saturated rings. The number of nitrogens with two attached hydrogens (primary N) is 1. The minimum Gasteiger partial charge on any atom is -0.497 e. The smallest absolute Gasteiger partial charge is 0.127 e. The van der Waals surface area contributed by atoms with Crippen molar-refractivity contribution >= 4 is 0 Å². The summed E-state index contributed by atoms with van der Waals surface area (Å²) in [4.78, 5) is 0. The van der Waals surface area contributed by atoms with Crippen LogP contribution in [0, 0.1) is 0 Å². The third kappa shape index (κ3) is 4.22. The van der Waals surface area contributed by atoms with Gasteiger partial charge < -0.3 is 15.2 Å². The highest BCUT2D eigenvalue weighted by atomic mass is 16.5. The lowest BCUT2D eigenvalue weighted by Crippen LogP contribution is -2.11. The van der Waals surface area contributed by atoms with E-state index >= 15 is 0 Å². The van der Waals surface area contributed by atoms with E-state index in [2.05, 4.69) is 6.92 Å². The molecule has 102 valence electrons. The first-order chi connectivity index (χ1) is 8.72. The van der Waals surface area contributed by atoms with Crippen molar-refractivity contribution in [3.05, 3.63) is 23.8 Å². The van der Waals surface area contributed by atoms with Gasteiger partial charge in [-0.15, -0.1) is 0 Å². The molecule has 1 rings (SSSR count). The van der Waals surface area contributed by atoms with Crippen LogP contribution in [0.2, 0.25) is 0 Å². The molecular formula is C15H25NO2. The van der Waals surface area contributed by atoms with Gasteiger partial charge in [-0.1, -0.05) is 38.7 Å². The zero-order chi connectivity index (χ0) is 13.4. The van der Waals surface area contributed by atoms with Crippen LogP contribution in [0.25, 0.3) is 0 Å². The van der Waals surface area contributed by atoms with Crippen LogP contribution < -0.4 is 15.2 Å². The van der Waals surface area contributed by atoms with Crippen LogP contribution in [0.1, 0.15) is 50.6 Å². The molecule has 0 aromatic heterocycles. The molecule has 3 nitrogen and oxygen atoms in total. The van der Waals surface area contributed by atoms with Crippen molar-refractivity contribution in [2.24, 2.45) is 5.73 Å². The molecule has 0 saturated heterocycles. The Morgan fingerprint density at radius 3 is 2.50 bits per heavy atom. The molecule has 3 heteroatoms. The molecule has 1 unspecified atom stereocenters. The topological polar surface area (TPSA) is 44.5 Å². The molecule has 0 saturated carbocycles. The summed E-state index contributed by atoms with van der Waals surface area (Å²) in [5.41, 5.74) is 7.29. The maximum atomic E-state index is 6.22. The Labute approximate surface area is 110 Å². The van der Waals surface area contributed by atoms with Crippen molar-refractivity contribution < 1.29 is 9.47 Å². The minimum absolute atomic E-state index is 0.0442. The number of ether oxygens (including phenoxy) is 2. The van der Waals surface area contributed by atoms with E-state index in [4.69, 9.17) is 15.2 Å². The lowest BCUT2D eigenvalue weighted by atomic mass is 10.00. The number of rotatable bonds is 8. The molecule has 0 spiro atoms. The van der Waals surface area contributed by atoms with Gasteiger partial charge in [-0.2, -0.15) is 0 Å². The van der Waals surface area contributed by atoms with Crippen LogP contribution in [0.4, 0.5) is 0 Å². The fourth-order valence-corrected chi connectivity index (χ4v) is 2.07. The Balaban J connectivity index is 2.63. The number of hydrogen-bond donors (Lipinski definition) is 1. The second-order valence-electron chi connectivity index (χ2n) is 4.56. The third-order valence-electron chi connectivity index (χ3n) is 3.21. The van der Waals surface area contributed by atoms with Crippen molar-refractivity contribution in [2.45, 2.75) is 45.1 Å². The summed E-state index contributed by atoms with van der Waals surface area (Å²) in [6, 6.07) is 5.87. The maximum Gasteiger partial charge on any atom is 0.127 e. The summed E-state index contributed by atoms with van der Waals surface area (Å²) in [6.07, 6.45) is 5.96. The van der Waals surface area contributed by atoms with Gasteiger partial charge in [-0.25, -0.2) is 0 Å². The molecule has 1 aromatic rings. The standard InChI is InChI=1S/C15H25NO2/c1-4-5-6-7-8-14(16)13-10-9-12(17-2)11-15(13)18-3/h9-11,14H,4-8,16H2,1-3H3. The van der Waals surface area contributed by atoms with E-state index < -0.39 is 0 Å². The molecule has 2 N–H and O–H groups in total. The number of methoxy groups -OCH3 is 2. The first kappa shape index (κ1) is 14.8. The second-order valence-corrected chi connectivity index (χ2v) is 4.56. The summed E-state index contributed by atoms with van der Waals surface area (Å²) >= 11 is 0. The van der Waals surface area contributed by atoms with E-state index in [9.17, 15) is 0 Å². The summed E-state index contributed by atoms with van der Waals surface area (Å²) in [5, 5.41) is 0. The quantitative estimate of drug-likeness (QED) is 0.717. The Morgan fingerprint density at radius 1 is 1.11 bits per heavy atom. The fourth-order valence-electron chi connectivity index (χ4n) is 2.07. The Morgan fingerprint density at radius 2 is 1.89 bits per heavy atom. The van der Waals surface area contributed by atoms with Crippen molar-refractivity contribution in [1.29, 1.82) is 0 Å². The van der Waals surface area contributed by atoms with Gasteiger partial charge in [0.15, 0.2) is 0 Å². The average molecular weight is 251 g/mol. The van der Waals surface area contributed by atoms with E-state index in [1.54, 1.807) is 14.2 Å².